The van der Waals surface area contributed by atoms with E-state index in [-0.39, 0.29) is 5.03 Å². The number of rotatable bonds is 9. The van der Waals surface area contributed by atoms with E-state index < -0.39 is 20.7 Å². The molecule has 6 nitrogen and oxygen atoms in total. The molecule has 4 N–H and O–H groups in total. The Morgan fingerprint density at radius 1 is 1.29 bits per heavy atom. The number of thioether (sulfide) groups is 1. The van der Waals surface area contributed by atoms with E-state index in [1.54, 1.807) is 0 Å². The summed E-state index contributed by atoms with van der Waals surface area (Å²) < 4.78 is 41.5. The monoisotopic (exact) mass is 496 g/mol. The summed E-state index contributed by atoms with van der Waals surface area (Å²) >= 11 is 8.24. The molecule has 0 aliphatic heterocycles. The number of hydrogen-bond acceptors (Lipinski definition) is 7. The number of benzene rings is 2. The Hall–Kier alpha value is -2.53. The molecule has 31 heavy (non-hydrogen) atoms. The van der Waals surface area contributed by atoms with Crippen LogP contribution in [0.3, 0.4) is 0 Å². The van der Waals surface area contributed by atoms with Crippen molar-refractivity contribution in [2.45, 2.75) is 11.3 Å². The van der Waals surface area contributed by atoms with Gasteiger partial charge in [0, 0.05) is 28.7 Å². The lowest BCUT2D eigenvalue weighted by atomic mass is 10.1. The summed E-state index contributed by atoms with van der Waals surface area (Å²) in [4.78, 5) is 4.00. The van der Waals surface area contributed by atoms with Gasteiger partial charge in [0.05, 0.1) is 10.7 Å². The number of nitrogens with two attached hydrogens (primary N) is 1. The van der Waals surface area contributed by atoms with Gasteiger partial charge < -0.3 is 11.1 Å². The van der Waals surface area contributed by atoms with Crippen molar-refractivity contribution in [2.75, 3.05) is 5.32 Å². The third-order valence-corrected chi connectivity index (χ3v) is 7.15. The maximum absolute atomic E-state index is 14.5. The topological polar surface area (TPSA) is 97.1 Å². The smallest absolute Gasteiger partial charge is 0.265 e. The first kappa shape index (κ1) is 23.1. The van der Waals surface area contributed by atoms with Crippen molar-refractivity contribution in [1.29, 1.82) is 0 Å². The first-order valence-electron chi connectivity index (χ1n) is 8.77. The molecular formula is C20H18ClFN4O2S3. The number of anilines is 2. The minimum atomic E-state index is -4.11. The first-order chi connectivity index (χ1) is 14.8. The summed E-state index contributed by atoms with van der Waals surface area (Å²) in [5, 5.41) is 7.67. The highest BCUT2D eigenvalue weighted by Gasteiger charge is 2.20. The largest absolute Gasteiger partial charge is 0.404 e. The third-order valence-electron chi connectivity index (χ3n) is 3.86. The number of thiazole rings is 1. The lowest BCUT2D eigenvalue weighted by molar-refractivity contribution is 0.563. The van der Waals surface area contributed by atoms with Crippen LogP contribution < -0.4 is 15.8 Å². The fraction of sp³-hybridized carbons (Fsp3) is 0.0500. The summed E-state index contributed by atoms with van der Waals surface area (Å²) in [5.74, 6) is -0.900. The van der Waals surface area contributed by atoms with Crippen LogP contribution in [-0.4, -0.2) is 13.4 Å². The lowest BCUT2D eigenvalue weighted by Gasteiger charge is -2.10. The molecule has 0 saturated carbocycles. The van der Waals surface area contributed by atoms with Gasteiger partial charge in [-0.05, 0) is 41.3 Å². The average molecular weight is 497 g/mol. The van der Waals surface area contributed by atoms with E-state index in [4.69, 9.17) is 17.3 Å². The van der Waals surface area contributed by atoms with Crippen LogP contribution in [-0.2, 0) is 16.4 Å². The SMILES string of the molecule is C=C(NS(=O)(=O)c1ccc(Nc2nc(Cc3ccc(Cl)cc3)cs2)cc1F)S/C=C\N. The Labute approximate surface area is 193 Å². The number of nitrogens with zero attached hydrogens (tertiary/aromatic N) is 1. The highest BCUT2D eigenvalue weighted by Crippen LogP contribution is 2.26. The van der Waals surface area contributed by atoms with Gasteiger partial charge in [-0.3, -0.25) is 4.72 Å². The third kappa shape index (κ3) is 6.47. The van der Waals surface area contributed by atoms with Crippen molar-refractivity contribution in [3.05, 3.63) is 93.2 Å². The molecular weight excluding hydrogens is 479 g/mol. The van der Waals surface area contributed by atoms with Crippen molar-refractivity contribution in [3.8, 4) is 0 Å². The minimum absolute atomic E-state index is 0.0966. The van der Waals surface area contributed by atoms with Gasteiger partial charge in [0.25, 0.3) is 10.0 Å². The maximum atomic E-state index is 14.5. The summed E-state index contributed by atoms with van der Waals surface area (Å²) in [6.45, 7) is 3.56. The molecule has 1 aromatic heterocycles. The van der Waals surface area contributed by atoms with Crippen molar-refractivity contribution < 1.29 is 12.8 Å². The van der Waals surface area contributed by atoms with Crippen LogP contribution >= 0.6 is 34.7 Å². The fourth-order valence-electron chi connectivity index (χ4n) is 2.53. The maximum Gasteiger partial charge on any atom is 0.265 e. The zero-order valence-corrected chi connectivity index (χ0v) is 19.2. The van der Waals surface area contributed by atoms with Gasteiger partial charge in [-0.1, -0.05) is 42.1 Å². The van der Waals surface area contributed by atoms with Gasteiger partial charge in [-0.15, -0.1) is 11.3 Å². The average Bonchev–Trinajstić information content (AvgIpc) is 3.14. The second-order valence-corrected chi connectivity index (χ2v) is 10.1. The number of sulfonamides is 1. The van der Waals surface area contributed by atoms with Crippen molar-refractivity contribution in [2.24, 2.45) is 5.73 Å². The van der Waals surface area contributed by atoms with E-state index in [2.05, 4.69) is 21.6 Å². The summed E-state index contributed by atoms with van der Waals surface area (Å²) in [6, 6.07) is 11.2. The summed E-state index contributed by atoms with van der Waals surface area (Å²) in [7, 11) is -4.11. The van der Waals surface area contributed by atoms with Crippen molar-refractivity contribution in [3.63, 3.8) is 0 Å². The summed E-state index contributed by atoms with van der Waals surface area (Å²) in [6.07, 6.45) is 1.87. The Morgan fingerprint density at radius 3 is 2.71 bits per heavy atom. The van der Waals surface area contributed by atoms with Crippen LogP contribution in [0.15, 0.2) is 76.0 Å². The Kier molecular flexibility index (Phi) is 7.60. The van der Waals surface area contributed by atoms with Crippen LogP contribution in [0.25, 0.3) is 0 Å². The van der Waals surface area contributed by atoms with Gasteiger partial charge >= 0.3 is 0 Å². The highest BCUT2D eigenvalue weighted by atomic mass is 35.5. The number of hydrogen-bond donors (Lipinski definition) is 3. The number of nitrogens with one attached hydrogen (secondary N) is 2. The number of aromatic nitrogens is 1. The lowest BCUT2D eigenvalue weighted by Crippen LogP contribution is -2.22. The molecule has 0 aliphatic carbocycles. The molecule has 11 heteroatoms. The molecule has 0 radical (unpaired) electrons. The van der Waals surface area contributed by atoms with Gasteiger partial charge in [0.1, 0.15) is 10.7 Å². The number of halogens is 2. The standard InChI is InChI=1S/C20H18ClFN4O2S3/c1-13(29-9-8-23)26-31(27,28)19-7-6-16(11-18(19)22)24-20-25-17(12-30-20)10-14-2-4-15(21)5-3-14/h2-9,11-12,26H,1,10,23H2,(H,24,25)/b9-8-. The molecule has 3 rings (SSSR count). The Morgan fingerprint density at radius 2 is 2.03 bits per heavy atom. The van der Waals surface area contributed by atoms with Crippen LogP contribution in [0, 0.1) is 5.82 Å². The Balaban J connectivity index is 1.68. The molecule has 162 valence electrons. The van der Waals surface area contributed by atoms with Crippen LogP contribution in [0.1, 0.15) is 11.3 Å². The van der Waals surface area contributed by atoms with E-state index in [0.717, 1.165) is 29.1 Å². The molecule has 0 fully saturated rings. The van der Waals surface area contributed by atoms with Crippen LogP contribution in [0.5, 0.6) is 0 Å². The molecule has 3 aromatic rings. The van der Waals surface area contributed by atoms with Gasteiger partial charge in [0.15, 0.2) is 5.13 Å². The fourth-order valence-corrected chi connectivity index (χ4v) is 5.12. The summed E-state index contributed by atoms with van der Waals surface area (Å²) in [5.41, 5.74) is 7.50. The molecule has 0 spiro atoms. The molecule has 0 saturated heterocycles. The molecule has 2 aromatic carbocycles. The van der Waals surface area contributed by atoms with E-state index in [1.807, 2.05) is 29.6 Å². The van der Waals surface area contributed by atoms with E-state index >= 15 is 0 Å². The van der Waals surface area contributed by atoms with E-state index in [1.165, 1.54) is 35.1 Å². The molecule has 0 unspecified atom stereocenters. The van der Waals surface area contributed by atoms with Crippen molar-refractivity contribution >= 4 is 55.5 Å². The predicted molar refractivity (Wildman–Crippen MR) is 126 cm³/mol. The van der Waals surface area contributed by atoms with Gasteiger partial charge in [0.2, 0.25) is 0 Å². The zero-order chi connectivity index (χ0) is 22.4. The molecule has 0 atom stereocenters. The first-order valence-corrected chi connectivity index (χ1v) is 12.4. The molecule has 0 amide bonds. The van der Waals surface area contributed by atoms with Gasteiger partial charge in [-0.25, -0.2) is 17.8 Å². The van der Waals surface area contributed by atoms with E-state index in [9.17, 15) is 12.8 Å². The normalized spacial score (nSPS) is 11.5. The second-order valence-electron chi connectivity index (χ2n) is 6.19. The van der Waals surface area contributed by atoms with Crippen LogP contribution in [0.2, 0.25) is 5.02 Å². The Bertz CT molecular complexity index is 1210. The quantitative estimate of drug-likeness (QED) is 0.377. The highest BCUT2D eigenvalue weighted by molar-refractivity contribution is 8.06. The van der Waals surface area contributed by atoms with Crippen molar-refractivity contribution in [1.82, 2.24) is 9.71 Å². The second kappa shape index (κ2) is 10.2. The van der Waals surface area contributed by atoms with Gasteiger partial charge in [-0.2, -0.15) is 0 Å². The zero-order valence-electron chi connectivity index (χ0n) is 16.0. The minimum Gasteiger partial charge on any atom is -0.404 e. The van der Waals surface area contributed by atoms with Crippen LogP contribution in [0.4, 0.5) is 15.2 Å². The molecule has 0 bridgehead atoms. The molecule has 0 aliphatic rings. The predicted octanol–water partition coefficient (Wildman–Crippen LogP) is 5.18. The van der Waals surface area contributed by atoms with E-state index in [0.29, 0.717) is 22.3 Å². The molecule has 1 heterocycles.